The first-order chi connectivity index (χ1) is 8.37. The van der Waals surface area contributed by atoms with E-state index in [4.69, 9.17) is 14.7 Å². The summed E-state index contributed by atoms with van der Waals surface area (Å²) in [5.74, 6) is 0.482. The predicted molar refractivity (Wildman–Crippen MR) is 70.1 cm³/mol. The third kappa shape index (κ3) is 3.93. The Balaban J connectivity index is 2.80. The van der Waals surface area contributed by atoms with Crippen LogP contribution < -0.4 is 10.1 Å². The number of nitrogens with one attached hydrogen (secondary N) is 1. The molecule has 0 radical (unpaired) electrons. The van der Waals surface area contributed by atoms with Gasteiger partial charge in [-0.2, -0.15) is 5.26 Å². The second-order valence-electron chi connectivity index (χ2n) is 4.48. The summed E-state index contributed by atoms with van der Waals surface area (Å²) < 4.78 is 10.4. The van der Waals surface area contributed by atoms with Gasteiger partial charge < -0.3 is 9.47 Å². The minimum atomic E-state index is -0.580. The normalized spacial score (nSPS) is 10.6. The van der Waals surface area contributed by atoms with E-state index >= 15 is 0 Å². The van der Waals surface area contributed by atoms with Crippen LogP contribution in [0.25, 0.3) is 0 Å². The predicted octanol–water partition coefficient (Wildman–Crippen LogP) is 3.37. The molecule has 1 rings (SSSR count). The number of carbonyl (C=O) groups is 1. The fourth-order valence-corrected chi connectivity index (χ4v) is 2.02. The topological polar surface area (TPSA) is 71.3 Å². The van der Waals surface area contributed by atoms with Crippen molar-refractivity contribution >= 4 is 22.4 Å². The summed E-state index contributed by atoms with van der Waals surface area (Å²) in [6.45, 7) is 7.63. The first-order valence-electron chi connectivity index (χ1n) is 5.51. The molecule has 1 amide bonds. The van der Waals surface area contributed by atoms with E-state index in [0.717, 1.165) is 0 Å². The van der Waals surface area contributed by atoms with Crippen LogP contribution in [0.4, 0.5) is 9.80 Å². The molecule has 0 unspecified atom stereocenters. The Morgan fingerprint density at radius 1 is 1.56 bits per heavy atom. The van der Waals surface area contributed by atoms with Crippen LogP contribution in [0.2, 0.25) is 0 Å². The maximum absolute atomic E-state index is 11.6. The standard InChI is InChI=1S/C12H16N2O3S/c1-5-16-9-7-18-10(8(9)6-13)14-11(15)17-12(2,3)4/h7H,5H2,1-4H3,(H,14,15). The Kier molecular flexibility index (Phi) is 4.56. The van der Waals surface area contributed by atoms with Gasteiger partial charge in [0.05, 0.1) is 6.61 Å². The minimum Gasteiger partial charge on any atom is -0.492 e. The zero-order valence-electron chi connectivity index (χ0n) is 10.9. The zero-order chi connectivity index (χ0) is 13.8. The molecule has 1 N–H and O–H groups in total. The molecule has 1 aromatic heterocycles. The average Bonchev–Trinajstić information content (AvgIpc) is 2.58. The van der Waals surface area contributed by atoms with Crippen LogP contribution >= 0.6 is 11.3 Å². The number of amides is 1. The van der Waals surface area contributed by atoms with Gasteiger partial charge in [0, 0.05) is 5.38 Å². The van der Waals surface area contributed by atoms with Crippen LogP contribution in [0.3, 0.4) is 0 Å². The molecule has 0 aromatic carbocycles. The van der Waals surface area contributed by atoms with E-state index < -0.39 is 11.7 Å². The fourth-order valence-electron chi connectivity index (χ4n) is 1.20. The van der Waals surface area contributed by atoms with Crippen LogP contribution in [0, 0.1) is 11.3 Å². The highest BCUT2D eigenvalue weighted by Gasteiger charge is 2.19. The number of thiophene rings is 1. The number of rotatable bonds is 3. The van der Waals surface area contributed by atoms with Crippen molar-refractivity contribution < 1.29 is 14.3 Å². The number of anilines is 1. The number of hydrogen-bond acceptors (Lipinski definition) is 5. The van der Waals surface area contributed by atoms with Crippen LogP contribution in [0.1, 0.15) is 33.3 Å². The molecule has 0 spiro atoms. The number of ether oxygens (including phenoxy) is 2. The third-order valence-electron chi connectivity index (χ3n) is 1.78. The van der Waals surface area contributed by atoms with E-state index in [2.05, 4.69) is 5.32 Å². The van der Waals surface area contributed by atoms with Gasteiger partial charge in [-0.15, -0.1) is 11.3 Å². The number of hydrogen-bond donors (Lipinski definition) is 1. The molecule has 1 aromatic rings. The quantitative estimate of drug-likeness (QED) is 0.912. The Labute approximate surface area is 110 Å². The third-order valence-corrected chi connectivity index (χ3v) is 2.66. The van der Waals surface area contributed by atoms with E-state index in [0.29, 0.717) is 22.9 Å². The maximum atomic E-state index is 11.6. The van der Waals surface area contributed by atoms with Gasteiger partial charge in [-0.3, -0.25) is 5.32 Å². The Morgan fingerprint density at radius 2 is 2.22 bits per heavy atom. The van der Waals surface area contributed by atoms with Crippen molar-refractivity contribution in [2.24, 2.45) is 0 Å². The van der Waals surface area contributed by atoms with E-state index in [1.54, 1.807) is 26.2 Å². The van der Waals surface area contributed by atoms with Gasteiger partial charge in [0.2, 0.25) is 0 Å². The second-order valence-corrected chi connectivity index (χ2v) is 5.36. The van der Waals surface area contributed by atoms with Crippen molar-refractivity contribution in [2.75, 3.05) is 11.9 Å². The summed E-state index contributed by atoms with van der Waals surface area (Å²) >= 11 is 1.24. The van der Waals surface area contributed by atoms with Crippen molar-refractivity contribution in [3.8, 4) is 11.8 Å². The lowest BCUT2D eigenvalue weighted by Gasteiger charge is -2.19. The largest absolute Gasteiger partial charge is 0.492 e. The molecule has 0 aliphatic carbocycles. The van der Waals surface area contributed by atoms with Crippen molar-refractivity contribution in [3.63, 3.8) is 0 Å². The van der Waals surface area contributed by atoms with E-state index in [-0.39, 0.29) is 0 Å². The average molecular weight is 268 g/mol. The Bertz CT molecular complexity index is 469. The van der Waals surface area contributed by atoms with Gasteiger partial charge in [0.1, 0.15) is 28.0 Å². The molecule has 0 fully saturated rings. The van der Waals surface area contributed by atoms with E-state index in [9.17, 15) is 4.79 Å². The molecular weight excluding hydrogens is 252 g/mol. The highest BCUT2D eigenvalue weighted by Crippen LogP contribution is 2.33. The molecule has 0 saturated carbocycles. The summed E-state index contributed by atoms with van der Waals surface area (Å²) in [5.41, 5.74) is -0.246. The van der Waals surface area contributed by atoms with Crippen molar-refractivity contribution in [1.82, 2.24) is 0 Å². The highest BCUT2D eigenvalue weighted by atomic mass is 32.1. The van der Waals surface area contributed by atoms with E-state index in [1.165, 1.54) is 11.3 Å². The summed E-state index contributed by atoms with van der Waals surface area (Å²) in [6, 6.07) is 2.01. The van der Waals surface area contributed by atoms with Gasteiger partial charge in [-0.05, 0) is 27.7 Å². The Morgan fingerprint density at radius 3 is 2.72 bits per heavy atom. The molecule has 0 bridgehead atoms. The first kappa shape index (κ1) is 14.3. The molecule has 0 aliphatic heterocycles. The summed E-state index contributed by atoms with van der Waals surface area (Å²) in [6.07, 6.45) is -0.580. The summed E-state index contributed by atoms with van der Waals surface area (Å²) in [7, 11) is 0. The molecule has 0 atom stereocenters. The van der Waals surface area contributed by atoms with Gasteiger partial charge in [0.25, 0.3) is 0 Å². The zero-order valence-corrected chi connectivity index (χ0v) is 11.7. The van der Waals surface area contributed by atoms with Crippen LogP contribution in [0.15, 0.2) is 5.38 Å². The van der Waals surface area contributed by atoms with Crippen LogP contribution in [-0.2, 0) is 4.74 Å². The maximum Gasteiger partial charge on any atom is 0.412 e. The van der Waals surface area contributed by atoms with Gasteiger partial charge in [-0.1, -0.05) is 0 Å². The summed E-state index contributed by atoms with van der Waals surface area (Å²) in [5, 5.41) is 13.7. The minimum absolute atomic E-state index is 0.327. The van der Waals surface area contributed by atoms with Crippen molar-refractivity contribution in [2.45, 2.75) is 33.3 Å². The molecule has 5 nitrogen and oxygen atoms in total. The van der Waals surface area contributed by atoms with Crippen molar-refractivity contribution in [3.05, 3.63) is 10.9 Å². The second kappa shape index (κ2) is 5.74. The monoisotopic (exact) mass is 268 g/mol. The molecule has 98 valence electrons. The lowest BCUT2D eigenvalue weighted by molar-refractivity contribution is 0.0636. The van der Waals surface area contributed by atoms with Gasteiger partial charge in [-0.25, -0.2) is 4.79 Å². The van der Waals surface area contributed by atoms with E-state index in [1.807, 2.05) is 13.0 Å². The molecule has 0 aliphatic rings. The molecule has 1 heterocycles. The number of nitrogens with zero attached hydrogens (tertiary/aromatic N) is 1. The number of carbonyl (C=O) groups excluding carboxylic acids is 1. The smallest absolute Gasteiger partial charge is 0.412 e. The molecule has 6 heteroatoms. The lowest BCUT2D eigenvalue weighted by atomic mass is 10.2. The van der Waals surface area contributed by atoms with Gasteiger partial charge in [0.15, 0.2) is 0 Å². The van der Waals surface area contributed by atoms with Gasteiger partial charge >= 0.3 is 6.09 Å². The molecule has 0 saturated heterocycles. The Hall–Kier alpha value is -1.74. The first-order valence-corrected chi connectivity index (χ1v) is 6.39. The van der Waals surface area contributed by atoms with Crippen LogP contribution in [0.5, 0.6) is 5.75 Å². The highest BCUT2D eigenvalue weighted by molar-refractivity contribution is 7.15. The molecular formula is C12H16N2O3S. The lowest BCUT2D eigenvalue weighted by Crippen LogP contribution is -2.27. The van der Waals surface area contributed by atoms with Crippen molar-refractivity contribution in [1.29, 1.82) is 5.26 Å². The fraction of sp³-hybridized carbons (Fsp3) is 0.500. The van der Waals surface area contributed by atoms with Crippen LogP contribution in [-0.4, -0.2) is 18.3 Å². The number of nitriles is 1. The SMILES string of the molecule is CCOc1csc(NC(=O)OC(C)(C)C)c1C#N. The summed E-state index contributed by atoms with van der Waals surface area (Å²) in [4.78, 5) is 11.6. The molecule has 18 heavy (non-hydrogen) atoms.